The van der Waals surface area contributed by atoms with E-state index >= 15 is 0 Å². The fraction of sp³-hybridized carbons (Fsp3) is 0.200. The zero-order valence-corrected chi connectivity index (χ0v) is 23.4. The molecule has 0 amide bonds. The molecule has 0 nitrogen and oxygen atoms in total. The Bertz CT molecular complexity index is 1400. The van der Waals surface area contributed by atoms with Crippen LogP contribution in [0.3, 0.4) is 0 Å². The van der Waals surface area contributed by atoms with Crippen LogP contribution in [0.25, 0.3) is 21.5 Å². The Morgan fingerprint density at radius 1 is 0.444 bits per heavy atom. The minimum atomic E-state index is -2.14. The van der Waals surface area contributed by atoms with Gasteiger partial charge in [0, 0.05) is 0 Å². The smallest absolute Gasteiger partial charge is 0.0672 e. The Morgan fingerprint density at radius 3 is 1.00 bits per heavy atom. The molecule has 0 radical (unpaired) electrons. The van der Waals surface area contributed by atoms with Gasteiger partial charge in [0.2, 0.25) is 0 Å². The molecule has 36 heavy (non-hydrogen) atoms. The lowest BCUT2D eigenvalue weighted by atomic mass is 9.85. The van der Waals surface area contributed by atoms with E-state index in [1.807, 2.05) is 0 Å². The molecule has 5 rings (SSSR count). The number of rotatable bonds is 5. The number of benzene rings is 4. The summed E-state index contributed by atoms with van der Waals surface area (Å²) in [6.07, 6.45) is 0. The van der Waals surface area contributed by atoms with Crippen molar-refractivity contribution >= 4 is 29.6 Å². The van der Waals surface area contributed by atoms with Crippen molar-refractivity contribution in [3.05, 3.63) is 142 Å². The van der Waals surface area contributed by atoms with Gasteiger partial charge in [0.05, 0.1) is 0 Å². The molecule has 0 fully saturated rings. The van der Waals surface area contributed by atoms with E-state index in [1.54, 1.807) is 10.4 Å². The molecule has 4 aromatic carbocycles. The van der Waals surface area contributed by atoms with E-state index in [0.717, 1.165) is 6.04 Å². The highest BCUT2D eigenvalue weighted by Crippen LogP contribution is 2.58. The number of hydrogen-bond acceptors (Lipinski definition) is 0. The summed E-state index contributed by atoms with van der Waals surface area (Å²) < 4.78 is 0. The summed E-state index contributed by atoms with van der Waals surface area (Å²) in [7, 11) is -2.14. The van der Waals surface area contributed by atoms with E-state index in [1.165, 1.54) is 55.7 Å². The van der Waals surface area contributed by atoms with Crippen LogP contribution in [-0.2, 0) is 0 Å². The molecule has 0 aliphatic carbocycles. The van der Waals surface area contributed by atoms with Crippen LogP contribution in [0.15, 0.2) is 97.1 Å². The molecular formula is C35H36Si. The lowest BCUT2D eigenvalue weighted by Crippen LogP contribution is -2.32. The van der Waals surface area contributed by atoms with Gasteiger partial charge in [0.25, 0.3) is 0 Å². The van der Waals surface area contributed by atoms with Gasteiger partial charge in [-0.1, -0.05) is 117 Å². The Balaban J connectivity index is 2.03. The van der Waals surface area contributed by atoms with Gasteiger partial charge in [0.1, 0.15) is 8.07 Å². The van der Waals surface area contributed by atoms with Gasteiger partial charge >= 0.3 is 0 Å². The van der Waals surface area contributed by atoms with Crippen LogP contribution in [0.1, 0.15) is 51.4 Å². The van der Waals surface area contributed by atoms with E-state index in [0.29, 0.717) is 0 Å². The number of hydrogen-bond donors (Lipinski definition) is 0. The molecule has 0 N–H and O–H groups in total. The summed E-state index contributed by atoms with van der Waals surface area (Å²) in [6.45, 7) is 14.1. The van der Waals surface area contributed by atoms with Crippen molar-refractivity contribution in [2.75, 3.05) is 0 Å². The average molecular weight is 485 g/mol. The summed E-state index contributed by atoms with van der Waals surface area (Å²) in [6, 6.07) is 37.2. The van der Waals surface area contributed by atoms with Crippen molar-refractivity contribution in [3.63, 3.8) is 0 Å². The summed E-state index contributed by atoms with van der Waals surface area (Å²) in [5.41, 5.74) is 13.9. The number of aryl methyl sites for hydroxylation is 4. The fourth-order valence-corrected chi connectivity index (χ4v) is 10.4. The van der Waals surface area contributed by atoms with Crippen LogP contribution in [-0.4, -0.2) is 8.07 Å². The van der Waals surface area contributed by atoms with Crippen molar-refractivity contribution in [2.45, 2.75) is 47.2 Å². The summed E-state index contributed by atoms with van der Waals surface area (Å²) >= 11 is 0. The molecule has 4 aromatic rings. The maximum Gasteiger partial charge on any atom is 0.118 e. The molecule has 0 atom stereocenters. The lowest BCUT2D eigenvalue weighted by molar-refractivity contribution is 1.37. The van der Waals surface area contributed by atoms with Crippen LogP contribution < -0.4 is 0 Å². The first-order valence-corrected chi connectivity index (χ1v) is 15.8. The second-order valence-corrected chi connectivity index (χ2v) is 14.8. The van der Waals surface area contributed by atoms with Gasteiger partial charge in [0.15, 0.2) is 0 Å². The van der Waals surface area contributed by atoms with Gasteiger partial charge in [-0.3, -0.25) is 0 Å². The largest absolute Gasteiger partial charge is 0.118 e. The third-order valence-electron chi connectivity index (χ3n) is 8.22. The van der Waals surface area contributed by atoms with E-state index in [4.69, 9.17) is 0 Å². The quantitative estimate of drug-likeness (QED) is 0.247. The normalized spacial score (nSPS) is 15.1. The molecule has 1 heterocycles. The van der Waals surface area contributed by atoms with Crippen molar-refractivity contribution in [3.8, 4) is 0 Å². The van der Waals surface area contributed by atoms with E-state index in [-0.39, 0.29) is 0 Å². The fourth-order valence-electron chi connectivity index (χ4n) is 6.10. The molecule has 180 valence electrons. The molecule has 0 saturated heterocycles. The third-order valence-corrected chi connectivity index (χ3v) is 12.9. The van der Waals surface area contributed by atoms with Gasteiger partial charge in [-0.25, -0.2) is 0 Å². The highest BCUT2D eigenvalue weighted by molar-refractivity contribution is 7.14. The van der Waals surface area contributed by atoms with Crippen LogP contribution in [0.5, 0.6) is 0 Å². The van der Waals surface area contributed by atoms with Gasteiger partial charge in [-0.15, -0.1) is 0 Å². The molecule has 1 aliphatic rings. The lowest BCUT2D eigenvalue weighted by Gasteiger charge is -2.31. The molecule has 0 spiro atoms. The van der Waals surface area contributed by atoms with Crippen molar-refractivity contribution in [2.24, 2.45) is 0 Å². The molecule has 0 aromatic heterocycles. The third kappa shape index (κ3) is 3.83. The standard InChI is InChI=1S/C35H36Si/c1-7-36(6)34(30-22-14-10-18-26(30)4)32(28-20-12-8-16-24(28)2)33(29-21-13-9-17-25(29)3)35(36)31-23-15-11-19-27(31)5/h8-23H,7H2,1-6H3. The predicted molar refractivity (Wildman–Crippen MR) is 160 cm³/mol. The van der Waals surface area contributed by atoms with Crippen molar-refractivity contribution in [1.82, 2.24) is 0 Å². The Labute approximate surface area is 218 Å². The van der Waals surface area contributed by atoms with Crippen LogP contribution in [0.4, 0.5) is 0 Å². The second kappa shape index (κ2) is 9.56. The first-order chi connectivity index (χ1) is 17.4. The molecule has 1 heteroatoms. The summed E-state index contributed by atoms with van der Waals surface area (Å²) in [5, 5.41) is 3.18. The highest BCUT2D eigenvalue weighted by Gasteiger charge is 2.46. The molecule has 1 aliphatic heterocycles. The zero-order valence-electron chi connectivity index (χ0n) is 22.4. The predicted octanol–water partition coefficient (Wildman–Crippen LogP) is 9.63. The maximum absolute atomic E-state index is 2.61. The first-order valence-electron chi connectivity index (χ1n) is 13.1. The SMILES string of the molecule is CC[Si]1(C)C(c2ccccc2C)=C(c2ccccc2C)C(c2ccccc2C)=C1c1ccccc1C. The molecule has 0 unspecified atom stereocenters. The first kappa shape index (κ1) is 24.3. The highest BCUT2D eigenvalue weighted by atomic mass is 28.3. The minimum Gasteiger partial charge on any atom is -0.0672 e. The van der Waals surface area contributed by atoms with Crippen molar-refractivity contribution < 1.29 is 0 Å². The van der Waals surface area contributed by atoms with Gasteiger partial charge in [-0.05, 0) is 93.7 Å². The van der Waals surface area contributed by atoms with Crippen molar-refractivity contribution in [1.29, 1.82) is 0 Å². The van der Waals surface area contributed by atoms with Crippen LogP contribution in [0.2, 0.25) is 12.6 Å². The molecule has 0 bridgehead atoms. The van der Waals surface area contributed by atoms with Crippen LogP contribution in [0, 0.1) is 27.7 Å². The molecule has 0 saturated carbocycles. The average Bonchev–Trinajstić information content (AvgIpc) is 3.14. The maximum atomic E-state index is 2.61. The summed E-state index contributed by atoms with van der Waals surface area (Å²) in [5.74, 6) is 0. The number of allylic oxidation sites excluding steroid dienone is 2. The minimum absolute atomic E-state index is 1.16. The van der Waals surface area contributed by atoms with E-state index in [2.05, 4.69) is 138 Å². The molecular weight excluding hydrogens is 448 g/mol. The van der Waals surface area contributed by atoms with Gasteiger partial charge in [-0.2, -0.15) is 0 Å². The zero-order chi connectivity index (χ0) is 25.4. The monoisotopic (exact) mass is 484 g/mol. The Kier molecular flexibility index (Phi) is 6.45. The van der Waals surface area contributed by atoms with E-state index < -0.39 is 8.07 Å². The Hall–Kier alpha value is -3.42. The van der Waals surface area contributed by atoms with Crippen LogP contribution >= 0.6 is 0 Å². The summed E-state index contributed by atoms with van der Waals surface area (Å²) in [4.78, 5) is 0. The topological polar surface area (TPSA) is 0 Å². The van der Waals surface area contributed by atoms with Gasteiger partial charge < -0.3 is 0 Å². The van der Waals surface area contributed by atoms with E-state index in [9.17, 15) is 0 Å². The Morgan fingerprint density at radius 2 is 0.722 bits per heavy atom. The second-order valence-electron chi connectivity index (χ2n) is 10.4.